The molecule has 0 saturated carbocycles. The van der Waals surface area contributed by atoms with E-state index in [1.54, 1.807) is 6.07 Å². The highest BCUT2D eigenvalue weighted by molar-refractivity contribution is 5.21. The summed E-state index contributed by atoms with van der Waals surface area (Å²) in [6, 6.07) is 14.8. The normalized spacial score (nSPS) is 19.7. The van der Waals surface area contributed by atoms with Crippen LogP contribution in [0.2, 0.25) is 0 Å². The number of pyridine rings is 1. The molecule has 1 aliphatic heterocycles. The molecule has 3 heteroatoms. The standard InChI is InChI=1S/C16H18N2O/c19-15-9-8-14(17-11-15)12-18-10-4-7-16(18)13-5-2-1-3-6-13/h1-3,5-6,8-9,11,16,19H,4,7,10,12H2. The van der Waals surface area contributed by atoms with Crippen LogP contribution >= 0.6 is 0 Å². The van der Waals surface area contributed by atoms with Gasteiger partial charge in [-0.25, -0.2) is 0 Å². The molecule has 19 heavy (non-hydrogen) atoms. The fraction of sp³-hybridized carbons (Fsp3) is 0.312. The molecule has 0 radical (unpaired) electrons. The molecule has 1 fully saturated rings. The molecule has 1 atom stereocenters. The predicted octanol–water partition coefficient (Wildman–Crippen LogP) is 3.12. The van der Waals surface area contributed by atoms with Gasteiger partial charge in [-0.05, 0) is 37.1 Å². The van der Waals surface area contributed by atoms with E-state index in [2.05, 4.69) is 40.2 Å². The van der Waals surface area contributed by atoms with Crippen molar-refractivity contribution >= 4 is 0 Å². The zero-order valence-electron chi connectivity index (χ0n) is 10.9. The van der Waals surface area contributed by atoms with Crippen LogP contribution in [0.5, 0.6) is 5.75 Å². The van der Waals surface area contributed by atoms with E-state index < -0.39 is 0 Å². The highest BCUT2D eigenvalue weighted by atomic mass is 16.3. The van der Waals surface area contributed by atoms with Crippen LogP contribution in [0.15, 0.2) is 48.7 Å². The number of aromatic hydroxyl groups is 1. The summed E-state index contributed by atoms with van der Waals surface area (Å²) in [6.45, 7) is 1.96. The lowest BCUT2D eigenvalue weighted by molar-refractivity contribution is 0.245. The molecule has 1 aliphatic rings. The maximum atomic E-state index is 9.27. The maximum Gasteiger partial charge on any atom is 0.133 e. The van der Waals surface area contributed by atoms with Gasteiger partial charge in [-0.3, -0.25) is 9.88 Å². The van der Waals surface area contributed by atoms with Crippen molar-refractivity contribution in [2.45, 2.75) is 25.4 Å². The number of nitrogens with zero attached hydrogens (tertiary/aromatic N) is 2. The van der Waals surface area contributed by atoms with Crippen LogP contribution in [0.25, 0.3) is 0 Å². The molecule has 3 rings (SSSR count). The molecule has 2 heterocycles. The van der Waals surface area contributed by atoms with Gasteiger partial charge in [0.15, 0.2) is 0 Å². The van der Waals surface area contributed by atoms with Crippen LogP contribution in [0.3, 0.4) is 0 Å². The largest absolute Gasteiger partial charge is 0.506 e. The van der Waals surface area contributed by atoms with Crippen molar-refractivity contribution in [3.05, 3.63) is 59.9 Å². The maximum absolute atomic E-state index is 9.27. The third kappa shape index (κ3) is 2.76. The number of benzene rings is 1. The first kappa shape index (κ1) is 12.2. The summed E-state index contributed by atoms with van der Waals surface area (Å²) in [6.07, 6.45) is 3.96. The topological polar surface area (TPSA) is 36.4 Å². The van der Waals surface area contributed by atoms with Gasteiger partial charge in [-0.2, -0.15) is 0 Å². The second-order valence-corrected chi connectivity index (χ2v) is 5.05. The van der Waals surface area contributed by atoms with E-state index in [4.69, 9.17) is 0 Å². The Morgan fingerprint density at radius 2 is 2.00 bits per heavy atom. The lowest BCUT2D eigenvalue weighted by atomic mass is 10.0. The summed E-state index contributed by atoms with van der Waals surface area (Å²) in [4.78, 5) is 6.75. The number of aromatic nitrogens is 1. The Hall–Kier alpha value is -1.87. The zero-order valence-corrected chi connectivity index (χ0v) is 10.9. The van der Waals surface area contributed by atoms with Gasteiger partial charge >= 0.3 is 0 Å². The van der Waals surface area contributed by atoms with Crippen molar-refractivity contribution in [2.24, 2.45) is 0 Å². The number of rotatable bonds is 3. The third-order valence-corrected chi connectivity index (χ3v) is 3.72. The van der Waals surface area contributed by atoms with Crippen molar-refractivity contribution in [1.82, 2.24) is 9.88 Å². The Labute approximate surface area is 113 Å². The minimum Gasteiger partial charge on any atom is -0.506 e. The summed E-state index contributed by atoms with van der Waals surface area (Å²) in [7, 11) is 0. The van der Waals surface area contributed by atoms with Crippen LogP contribution in [-0.2, 0) is 6.54 Å². The van der Waals surface area contributed by atoms with Crippen molar-refractivity contribution in [1.29, 1.82) is 0 Å². The van der Waals surface area contributed by atoms with Crippen LogP contribution in [0.4, 0.5) is 0 Å². The smallest absolute Gasteiger partial charge is 0.133 e. The van der Waals surface area contributed by atoms with Crippen molar-refractivity contribution in [2.75, 3.05) is 6.54 Å². The highest BCUT2D eigenvalue weighted by Gasteiger charge is 2.25. The fourth-order valence-corrected chi connectivity index (χ4v) is 2.79. The lowest BCUT2D eigenvalue weighted by Crippen LogP contribution is -2.23. The SMILES string of the molecule is Oc1ccc(CN2CCCC2c2ccccc2)nc1. The molecule has 3 nitrogen and oxygen atoms in total. The Bertz CT molecular complexity index is 524. The summed E-state index contributed by atoms with van der Waals surface area (Å²) in [5.41, 5.74) is 2.40. The summed E-state index contributed by atoms with van der Waals surface area (Å²) < 4.78 is 0. The second-order valence-electron chi connectivity index (χ2n) is 5.05. The van der Waals surface area contributed by atoms with E-state index in [9.17, 15) is 5.11 Å². The molecular weight excluding hydrogens is 236 g/mol. The molecule has 1 aromatic heterocycles. The first-order chi connectivity index (χ1) is 9.33. The van der Waals surface area contributed by atoms with E-state index in [0.29, 0.717) is 6.04 Å². The third-order valence-electron chi connectivity index (χ3n) is 3.72. The number of hydrogen-bond acceptors (Lipinski definition) is 3. The monoisotopic (exact) mass is 254 g/mol. The van der Waals surface area contributed by atoms with Crippen LogP contribution in [0, 0.1) is 0 Å². The van der Waals surface area contributed by atoms with Gasteiger partial charge in [0.25, 0.3) is 0 Å². The summed E-state index contributed by atoms with van der Waals surface area (Å²) in [5, 5.41) is 9.27. The average molecular weight is 254 g/mol. The zero-order chi connectivity index (χ0) is 13.1. The predicted molar refractivity (Wildman–Crippen MR) is 74.7 cm³/mol. The Morgan fingerprint density at radius 3 is 2.74 bits per heavy atom. The van der Waals surface area contributed by atoms with Gasteiger partial charge in [0.2, 0.25) is 0 Å². The molecular formula is C16H18N2O. The van der Waals surface area contributed by atoms with Gasteiger partial charge in [0.1, 0.15) is 5.75 Å². The van der Waals surface area contributed by atoms with E-state index in [-0.39, 0.29) is 5.75 Å². The molecule has 1 aromatic carbocycles. The molecule has 1 N–H and O–H groups in total. The minimum atomic E-state index is 0.227. The first-order valence-corrected chi connectivity index (χ1v) is 6.76. The Kier molecular flexibility index (Phi) is 3.47. The summed E-state index contributed by atoms with van der Waals surface area (Å²) >= 11 is 0. The summed E-state index contributed by atoms with van der Waals surface area (Å²) in [5.74, 6) is 0.227. The van der Waals surface area contributed by atoms with E-state index in [0.717, 1.165) is 18.8 Å². The molecule has 0 amide bonds. The first-order valence-electron chi connectivity index (χ1n) is 6.76. The van der Waals surface area contributed by atoms with Gasteiger partial charge in [-0.1, -0.05) is 30.3 Å². The van der Waals surface area contributed by atoms with Crippen molar-refractivity contribution in [3.63, 3.8) is 0 Å². The number of hydrogen-bond donors (Lipinski definition) is 1. The van der Waals surface area contributed by atoms with Crippen LogP contribution < -0.4 is 0 Å². The van der Waals surface area contributed by atoms with Gasteiger partial charge in [-0.15, -0.1) is 0 Å². The molecule has 0 bridgehead atoms. The van der Waals surface area contributed by atoms with E-state index >= 15 is 0 Å². The molecule has 98 valence electrons. The lowest BCUT2D eigenvalue weighted by Gasteiger charge is -2.24. The fourth-order valence-electron chi connectivity index (χ4n) is 2.79. The molecule has 1 unspecified atom stereocenters. The Balaban J connectivity index is 1.75. The average Bonchev–Trinajstić information content (AvgIpc) is 2.90. The molecule has 0 aliphatic carbocycles. The molecule has 1 saturated heterocycles. The van der Waals surface area contributed by atoms with E-state index in [1.807, 2.05) is 6.07 Å². The highest BCUT2D eigenvalue weighted by Crippen LogP contribution is 2.32. The van der Waals surface area contributed by atoms with Crippen LogP contribution in [0.1, 0.15) is 30.1 Å². The second kappa shape index (κ2) is 5.41. The van der Waals surface area contributed by atoms with Gasteiger partial charge in [0.05, 0.1) is 11.9 Å². The quantitative estimate of drug-likeness (QED) is 0.914. The van der Waals surface area contributed by atoms with Crippen molar-refractivity contribution in [3.8, 4) is 5.75 Å². The number of likely N-dealkylation sites (tertiary alicyclic amines) is 1. The van der Waals surface area contributed by atoms with Crippen molar-refractivity contribution < 1.29 is 5.11 Å². The Morgan fingerprint density at radius 1 is 1.16 bits per heavy atom. The van der Waals surface area contributed by atoms with Crippen LogP contribution in [-0.4, -0.2) is 21.5 Å². The minimum absolute atomic E-state index is 0.227. The van der Waals surface area contributed by atoms with E-state index in [1.165, 1.54) is 24.6 Å². The molecule has 2 aromatic rings. The van der Waals surface area contributed by atoms with Gasteiger partial charge in [0, 0.05) is 12.6 Å². The molecule has 0 spiro atoms. The van der Waals surface area contributed by atoms with Gasteiger partial charge < -0.3 is 5.11 Å².